The fourth-order valence-electron chi connectivity index (χ4n) is 1.51. The molecule has 0 heterocycles. The van der Waals surface area contributed by atoms with Crippen molar-refractivity contribution in [1.82, 2.24) is 10.6 Å². The average Bonchev–Trinajstić information content (AvgIpc) is 2.29. The number of halogens is 1. The summed E-state index contributed by atoms with van der Waals surface area (Å²) in [7, 11) is 1.37. The summed E-state index contributed by atoms with van der Waals surface area (Å²) in [5.41, 5.74) is -0.694. The van der Waals surface area contributed by atoms with Crippen molar-refractivity contribution in [2.75, 3.05) is 7.05 Å². The Kier molecular flexibility index (Phi) is 7.49. The number of hydrogen-bond acceptors (Lipinski definition) is 4. The fraction of sp³-hybridized carbons (Fsp3) is 0.846. The van der Waals surface area contributed by atoms with Gasteiger partial charge in [0.25, 0.3) is 5.91 Å². The highest BCUT2D eigenvalue weighted by Gasteiger charge is 2.29. The van der Waals surface area contributed by atoms with E-state index < -0.39 is 35.9 Å². The summed E-state index contributed by atoms with van der Waals surface area (Å²) < 4.78 is 17.9. The molecule has 7 heteroatoms. The predicted octanol–water partition coefficient (Wildman–Crippen LogP) is 1.12. The second-order valence-corrected chi connectivity index (χ2v) is 5.67. The number of ether oxygens (including phenoxy) is 1. The molecule has 6 nitrogen and oxygen atoms in total. The van der Waals surface area contributed by atoms with Crippen molar-refractivity contribution in [3.8, 4) is 0 Å². The maximum absolute atomic E-state index is 12.9. The molecule has 0 saturated carbocycles. The zero-order valence-corrected chi connectivity index (χ0v) is 12.7. The quantitative estimate of drug-likeness (QED) is 0.684. The smallest absolute Gasteiger partial charge is 0.407 e. The van der Waals surface area contributed by atoms with Gasteiger partial charge in [-0.3, -0.25) is 4.79 Å². The molecule has 0 rings (SSSR count). The maximum Gasteiger partial charge on any atom is 0.407 e. The highest BCUT2D eigenvalue weighted by atomic mass is 19.1. The third kappa shape index (κ3) is 7.93. The van der Waals surface area contributed by atoms with Crippen LogP contribution in [0.25, 0.3) is 0 Å². The number of hydrogen-bond donors (Lipinski definition) is 3. The van der Waals surface area contributed by atoms with E-state index in [1.54, 1.807) is 20.8 Å². The topological polar surface area (TPSA) is 87.7 Å². The number of amides is 2. The molecule has 3 atom stereocenters. The van der Waals surface area contributed by atoms with Gasteiger partial charge in [0, 0.05) is 7.05 Å². The zero-order chi connectivity index (χ0) is 15.9. The highest BCUT2D eigenvalue weighted by molar-refractivity contribution is 5.81. The summed E-state index contributed by atoms with van der Waals surface area (Å²) in [5.74, 6) is -0.641. The minimum Gasteiger partial charge on any atom is -0.444 e. The molecule has 118 valence electrons. The minimum atomic E-state index is -1.45. The van der Waals surface area contributed by atoms with Crippen LogP contribution in [-0.4, -0.2) is 48.1 Å². The minimum absolute atomic E-state index is 0.120. The van der Waals surface area contributed by atoms with Crippen molar-refractivity contribution in [3.05, 3.63) is 0 Å². The third-order valence-electron chi connectivity index (χ3n) is 2.47. The van der Waals surface area contributed by atoms with Crippen LogP contribution in [0.2, 0.25) is 0 Å². The Morgan fingerprint density at radius 1 is 1.30 bits per heavy atom. The van der Waals surface area contributed by atoms with Crippen LogP contribution in [0.3, 0.4) is 0 Å². The van der Waals surface area contributed by atoms with Crippen molar-refractivity contribution in [2.24, 2.45) is 0 Å². The molecular formula is C13H25FN2O4. The van der Waals surface area contributed by atoms with Crippen LogP contribution in [-0.2, 0) is 9.53 Å². The SMILES string of the molecule is CNC(=O)C(O)[C@H](CCC(C)F)NC(=O)OC(C)(C)C. The van der Waals surface area contributed by atoms with Crippen LogP contribution in [0.15, 0.2) is 0 Å². The van der Waals surface area contributed by atoms with Crippen LogP contribution in [0.4, 0.5) is 9.18 Å². The van der Waals surface area contributed by atoms with Gasteiger partial charge in [-0.25, -0.2) is 9.18 Å². The second-order valence-electron chi connectivity index (χ2n) is 5.67. The molecule has 0 aromatic rings. The van der Waals surface area contributed by atoms with Gasteiger partial charge in [0.2, 0.25) is 0 Å². The Labute approximate surface area is 119 Å². The van der Waals surface area contributed by atoms with Crippen LogP contribution in [0, 0.1) is 0 Å². The molecule has 2 unspecified atom stereocenters. The lowest BCUT2D eigenvalue weighted by Crippen LogP contribution is -2.51. The molecule has 0 aromatic carbocycles. The van der Waals surface area contributed by atoms with Crippen molar-refractivity contribution in [3.63, 3.8) is 0 Å². The van der Waals surface area contributed by atoms with E-state index in [1.807, 2.05) is 0 Å². The Morgan fingerprint density at radius 2 is 1.85 bits per heavy atom. The third-order valence-corrected chi connectivity index (χ3v) is 2.47. The maximum atomic E-state index is 12.9. The average molecular weight is 292 g/mol. The van der Waals surface area contributed by atoms with Crippen LogP contribution in [0.1, 0.15) is 40.5 Å². The molecule has 0 saturated heterocycles. The Hall–Kier alpha value is -1.37. The summed E-state index contributed by atoms with van der Waals surface area (Å²) >= 11 is 0. The van der Waals surface area contributed by atoms with E-state index in [4.69, 9.17) is 4.74 Å². The van der Waals surface area contributed by atoms with Crippen LogP contribution >= 0.6 is 0 Å². The van der Waals surface area contributed by atoms with Crippen LogP contribution < -0.4 is 10.6 Å². The number of nitrogens with one attached hydrogen (secondary N) is 2. The molecule has 20 heavy (non-hydrogen) atoms. The molecule has 3 N–H and O–H groups in total. The van der Waals surface area contributed by atoms with Gasteiger partial charge in [-0.05, 0) is 40.5 Å². The number of carbonyl (C=O) groups excluding carboxylic acids is 2. The molecular weight excluding hydrogens is 267 g/mol. The first-order valence-electron chi connectivity index (χ1n) is 6.60. The molecule has 0 fully saturated rings. The summed E-state index contributed by atoms with van der Waals surface area (Å²) in [4.78, 5) is 23.1. The molecule has 0 spiro atoms. The first-order chi connectivity index (χ1) is 9.06. The predicted molar refractivity (Wildman–Crippen MR) is 73.0 cm³/mol. The van der Waals surface area contributed by atoms with E-state index in [9.17, 15) is 19.1 Å². The summed E-state index contributed by atoms with van der Waals surface area (Å²) in [6.07, 6.45) is -3.04. The van der Waals surface area contributed by atoms with Gasteiger partial charge in [-0.15, -0.1) is 0 Å². The number of likely N-dealkylation sites (N-methyl/N-ethyl adjacent to an activating group) is 1. The summed E-state index contributed by atoms with van der Waals surface area (Å²) in [6.45, 7) is 6.46. The Bertz CT molecular complexity index is 329. The lowest BCUT2D eigenvalue weighted by atomic mass is 10.0. The highest BCUT2D eigenvalue weighted by Crippen LogP contribution is 2.11. The van der Waals surface area contributed by atoms with Crippen molar-refractivity contribution in [2.45, 2.75) is 64.5 Å². The molecule has 0 aliphatic carbocycles. The van der Waals surface area contributed by atoms with Crippen molar-refractivity contribution in [1.29, 1.82) is 0 Å². The van der Waals surface area contributed by atoms with Crippen molar-refractivity contribution >= 4 is 12.0 Å². The fourth-order valence-corrected chi connectivity index (χ4v) is 1.51. The Morgan fingerprint density at radius 3 is 2.25 bits per heavy atom. The summed E-state index contributed by atoms with van der Waals surface area (Å²) in [5, 5.41) is 14.5. The van der Waals surface area contributed by atoms with Gasteiger partial charge >= 0.3 is 6.09 Å². The van der Waals surface area contributed by atoms with Crippen molar-refractivity contribution < 1.29 is 23.8 Å². The van der Waals surface area contributed by atoms with Gasteiger partial charge in [0.1, 0.15) is 5.60 Å². The number of alkyl halides is 1. The number of carbonyl (C=O) groups is 2. The van der Waals surface area contributed by atoms with E-state index in [1.165, 1.54) is 14.0 Å². The number of alkyl carbamates (subject to hydrolysis) is 1. The molecule has 0 aliphatic rings. The van der Waals surface area contributed by atoms with Gasteiger partial charge < -0.3 is 20.5 Å². The second kappa shape index (κ2) is 8.04. The van der Waals surface area contributed by atoms with E-state index in [2.05, 4.69) is 10.6 Å². The lowest BCUT2D eigenvalue weighted by Gasteiger charge is -2.26. The molecule has 0 radical (unpaired) electrons. The first kappa shape index (κ1) is 18.6. The first-order valence-corrected chi connectivity index (χ1v) is 6.60. The molecule has 2 amide bonds. The van der Waals surface area contributed by atoms with Gasteiger partial charge in [-0.1, -0.05) is 0 Å². The number of rotatable bonds is 6. The molecule has 0 bridgehead atoms. The zero-order valence-electron chi connectivity index (χ0n) is 12.7. The lowest BCUT2D eigenvalue weighted by molar-refractivity contribution is -0.130. The van der Waals surface area contributed by atoms with E-state index in [-0.39, 0.29) is 12.8 Å². The van der Waals surface area contributed by atoms with Gasteiger partial charge in [0.05, 0.1) is 12.2 Å². The Balaban J connectivity index is 4.67. The number of aliphatic hydroxyl groups excluding tert-OH is 1. The molecule has 0 aliphatic heterocycles. The van der Waals surface area contributed by atoms with E-state index >= 15 is 0 Å². The molecule has 0 aromatic heterocycles. The van der Waals surface area contributed by atoms with Gasteiger partial charge in [-0.2, -0.15) is 0 Å². The van der Waals surface area contributed by atoms with E-state index in [0.29, 0.717) is 0 Å². The number of aliphatic hydroxyl groups is 1. The van der Waals surface area contributed by atoms with E-state index in [0.717, 1.165) is 0 Å². The summed E-state index contributed by atoms with van der Waals surface area (Å²) in [6, 6.07) is -0.900. The monoisotopic (exact) mass is 292 g/mol. The largest absolute Gasteiger partial charge is 0.444 e. The standard InChI is InChI=1S/C13H25FN2O4/c1-8(14)6-7-9(10(17)11(18)15-5)16-12(19)20-13(2,3)4/h8-10,17H,6-7H2,1-5H3,(H,15,18)(H,16,19)/t8?,9-,10?/m0/s1. The van der Waals surface area contributed by atoms with Crippen LogP contribution in [0.5, 0.6) is 0 Å². The normalized spacial score (nSPS) is 15.9. The van der Waals surface area contributed by atoms with Gasteiger partial charge in [0.15, 0.2) is 6.10 Å².